The van der Waals surface area contributed by atoms with Crippen molar-refractivity contribution < 1.29 is 28.5 Å². The van der Waals surface area contributed by atoms with Gasteiger partial charge in [0.25, 0.3) is 0 Å². The molecule has 2 unspecified atom stereocenters. The van der Waals surface area contributed by atoms with Crippen LogP contribution in [0.2, 0.25) is 0 Å². The zero-order valence-corrected chi connectivity index (χ0v) is 21.2. The van der Waals surface area contributed by atoms with Gasteiger partial charge in [0.2, 0.25) is 0 Å². The molecule has 0 aromatic heterocycles. The van der Waals surface area contributed by atoms with Gasteiger partial charge in [0.1, 0.15) is 18.2 Å². The highest BCUT2D eigenvalue weighted by molar-refractivity contribution is 5.76. The van der Waals surface area contributed by atoms with Crippen LogP contribution in [0.1, 0.15) is 73.3 Å². The van der Waals surface area contributed by atoms with Gasteiger partial charge in [0.15, 0.2) is 5.79 Å². The van der Waals surface area contributed by atoms with Crippen molar-refractivity contribution >= 4 is 11.9 Å². The Hall–Kier alpha value is -1.96. The highest BCUT2D eigenvalue weighted by Gasteiger charge is 2.37. The first-order valence-electron chi connectivity index (χ1n) is 11.9. The van der Waals surface area contributed by atoms with E-state index in [4.69, 9.17) is 18.9 Å². The Bertz CT molecular complexity index is 756. The van der Waals surface area contributed by atoms with Crippen molar-refractivity contribution in [2.45, 2.75) is 104 Å². The van der Waals surface area contributed by atoms with E-state index in [9.17, 15) is 9.59 Å². The minimum Gasteiger partial charge on any atom is -0.460 e. The van der Waals surface area contributed by atoms with Crippen LogP contribution >= 0.6 is 0 Å². The second-order valence-electron chi connectivity index (χ2n) is 10.5. The van der Waals surface area contributed by atoms with E-state index in [1.165, 1.54) is 0 Å². The van der Waals surface area contributed by atoms with Crippen LogP contribution in [-0.4, -0.2) is 48.1 Å². The molecule has 33 heavy (non-hydrogen) atoms. The van der Waals surface area contributed by atoms with E-state index in [2.05, 4.69) is 5.32 Å². The number of hydrogen-bond donors (Lipinski definition) is 1. The minimum atomic E-state index is -0.790. The van der Waals surface area contributed by atoms with Crippen molar-refractivity contribution in [1.82, 2.24) is 5.32 Å². The molecule has 1 fully saturated rings. The quantitative estimate of drug-likeness (QED) is 0.516. The predicted octanol–water partition coefficient (Wildman–Crippen LogP) is 4.38. The average Bonchev–Trinajstić information content (AvgIpc) is 2.67. The van der Waals surface area contributed by atoms with E-state index in [0.29, 0.717) is 19.4 Å². The molecule has 1 N–H and O–H groups in total. The summed E-state index contributed by atoms with van der Waals surface area (Å²) in [7, 11) is 0. The molecule has 0 spiro atoms. The summed E-state index contributed by atoms with van der Waals surface area (Å²) in [6.07, 6.45) is 1.10. The lowest BCUT2D eigenvalue weighted by Gasteiger charge is -2.41. The number of rotatable bonds is 10. The van der Waals surface area contributed by atoms with Crippen LogP contribution in [0.4, 0.5) is 0 Å². The maximum absolute atomic E-state index is 12.6. The first kappa shape index (κ1) is 27.3. The van der Waals surface area contributed by atoms with Crippen LogP contribution < -0.4 is 5.32 Å². The topological polar surface area (TPSA) is 83.1 Å². The van der Waals surface area contributed by atoms with E-state index >= 15 is 0 Å². The normalized spacial score (nSPS) is 21.5. The molecule has 0 radical (unpaired) electrons. The van der Waals surface area contributed by atoms with Crippen LogP contribution in [0.15, 0.2) is 30.3 Å². The molecule has 1 aromatic rings. The summed E-state index contributed by atoms with van der Waals surface area (Å²) in [5.74, 6) is -1.24. The van der Waals surface area contributed by atoms with Crippen LogP contribution in [0.25, 0.3) is 0 Å². The third kappa shape index (κ3) is 10.2. The van der Waals surface area contributed by atoms with Gasteiger partial charge >= 0.3 is 11.9 Å². The first-order chi connectivity index (χ1) is 15.3. The van der Waals surface area contributed by atoms with Gasteiger partial charge in [-0.05, 0) is 59.1 Å². The molecule has 1 aliphatic heterocycles. The Morgan fingerprint density at radius 3 is 2.36 bits per heavy atom. The van der Waals surface area contributed by atoms with Crippen molar-refractivity contribution in [3.63, 3.8) is 0 Å². The summed E-state index contributed by atoms with van der Waals surface area (Å²) in [6, 6.07) is 9.24. The second-order valence-corrected chi connectivity index (χ2v) is 10.5. The largest absolute Gasteiger partial charge is 0.460 e. The van der Waals surface area contributed by atoms with Crippen molar-refractivity contribution in [3.8, 4) is 0 Å². The van der Waals surface area contributed by atoms with Gasteiger partial charge in [-0.3, -0.25) is 9.59 Å². The molecule has 0 aliphatic carbocycles. The predicted molar refractivity (Wildman–Crippen MR) is 126 cm³/mol. The fourth-order valence-corrected chi connectivity index (χ4v) is 3.90. The van der Waals surface area contributed by atoms with Crippen LogP contribution in [0, 0.1) is 5.92 Å². The zero-order chi connectivity index (χ0) is 24.6. The highest BCUT2D eigenvalue weighted by atomic mass is 16.7. The molecule has 1 aromatic carbocycles. The van der Waals surface area contributed by atoms with Crippen molar-refractivity contribution in [2.75, 3.05) is 6.54 Å². The van der Waals surface area contributed by atoms with Crippen LogP contribution in [-0.2, 0) is 35.1 Å². The molecule has 3 atom stereocenters. The summed E-state index contributed by atoms with van der Waals surface area (Å²) in [5, 5.41) is 3.33. The van der Waals surface area contributed by atoms with Gasteiger partial charge in [-0.25, -0.2) is 0 Å². The third-order valence-corrected chi connectivity index (χ3v) is 5.22. The molecule has 0 amide bonds. The molecule has 7 nitrogen and oxygen atoms in total. The van der Waals surface area contributed by atoms with E-state index in [0.717, 1.165) is 5.56 Å². The molecule has 0 saturated carbocycles. The van der Waals surface area contributed by atoms with Gasteiger partial charge in [0.05, 0.1) is 18.6 Å². The number of benzene rings is 1. The first-order valence-corrected chi connectivity index (χ1v) is 11.9. The average molecular weight is 464 g/mol. The van der Waals surface area contributed by atoms with Gasteiger partial charge in [0, 0.05) is 6.42 Å². The summed E-state index contributed by atoms with van der Waals surface area (Å²) >= 11 is 0. The Morgan fingerprint density at radius 1 is 1.12 bits per heavy atom. The summed E-state index contributed by atoms with van der Waals surface area (Å²) in [5.41, 5.74) is 0.435. The lowest BCUT2D eigenvalue weighted by atomic mass is 10.0. The van der Waals surface area contributed by atoms with Crippen LogP contribution in [0.5, 0.6) is 0 Å². The monoisotopic (exact) mass is 463 g/mol. The molecule has 1 heterocycles. The molecule has 7 heteroatoms. The zero-order valence-electron chi connectivity index (χ0n) is 21.2. The Kier molecular flexibility index (Phi) is 9.88. The van der Waals surface area contributed by atoms with E-state index in [1.807, 2.05) is 78.8 Å². The smallest absolute Gasteiger partial charge is 0.323 e. The molecule has 0 bridgehead atoms. The summed E-state index contributed by atoms with van der Waals surface area (Å²) in [4.78, 5) is 24.9. The van der Waals surface area contributed by atoms with Crippen molar-refractivity contribution in [2.24, 2.45) is 5.92 Å². The number of hydrogen-bond acceptors (Lipinski definition) is 7. The summed E-state index contributed by atoms with van der Waals surface area (Å²) in [6.45, 7) is 14.1. The standard InChI is InChI=1S/C26H41NO6/c1-18(2)23(24(29)30-17-19-11-9-8-10-12-19)27-14-13-20-15-21(32-26(6,7)31-20)16-22(28)33-25(3,4)5/h8-12,18,20-21,23,27H,13-17H2,1-7H3/t20-,21?,23?/m1/s1. The lowest BCUT2D eigenvalue weighted by Crippen LogP contribution is -2.48. The molecule has 186 valence electrons. The van der Waals surface area contributed by atoms with Crippen molar-refractivity contribution in [3.05, 3.63) is 35.9 Å². The molecule has 1 saturated heterocycles. The van der Waals surface area contributed by atoms with Gasteiger partial charge < -0.3 is 24.3 Å². The fraction of sp³-hybridized carbons (Fsp3) is 0.692. The number of carbonyl (C=O) groups is 2. The lowest BCUT2D eigenvalue weighted by molar-refractivity contribution is -0.300. The Labute approximate surface area is 198 Å². The van der Waals surface area contributed by atoms with Crippen molar-refractivity contribution in [1.29, 1.82) is 0 Å². The Balaban J connectivity index is 1.85. The fourth-order valence-electron chi connectivity index (χ4n) is 3.90. The molecule has 1 aliphatic rings. The van der Waals surface area contributed by atoms with E-state index in [-0.39, 0.29) is 43.1 Å². The number of nitrogens with one attached hydrogen (secondary N) is 1. The molecular weight excluding hydrogens is 422 g/mol. The van der Waals surface area contributed by atoms with E-state index < -0.39 is 17.4 Å². The van der Waals surface area contributed by atoms with E-state index in [1.54, 1.807) is 0 Å². The molecular formula is C26H41NO6. The number of esters is 2. The van der Waals surface area contributed by atoms with Gasteiger partial charge in [-0.2, -0.15) is 0 Å². The highest BCUT2D eigenvalue weighted by Crippen LogP contribution is 2.30. The minimum absolute atomic E-state index is 0.0836. The summed E-state index contributed by atoms with van der Waals surface area (Å²) < 4.78 is 23.0. The maximum Gasteiger partial charge on any atom is 0.323 e. The maximum atomic E-state index is 12.6. The SMILES string of the molecule is CC(C)C(NCC[C@@H]1CC(CC(=O)OC(C)(C)C)OC(C)(C)O1)C(=O)OCc1ccccc1. The molecule has 2 rings (SSSR count). The number of carbonyl (C=O) groups excluding carboxylic acids is 2. The number of ether oxygens (including phenoxy) is 4. The third-order valence-electron chi connectivity index (χ3n) is 5.22. The Morgan fingerprint density at radius 2 is 1.76 bits per heavy atom. The van der Waals surface area contributed by atoms with Crippen LogP contribution in [0.3, 0.4) is 0 Å². The van der Waals surface area contributed by atoms with Gasteiger partial charge in [-0.1, -0.05) is 44.2 Å². The second kappa shape index (κ2) is 12.0. The van der Waals surface area contributed by atoms with Gasteiger partial charge in [-0.15, -0.1) is 0 Å².